The number of hydrogen-bond acceptors (Lipinski definition) is 4. The fourth-order valence-electron chi connectivity index (χ4n) is 3.09. The molecular formula is C18H23N3O4. The Morgan fingerprint density at radius 1 is 1.32 bits per heavy atom. The molecule has 134 valence electrons. The maximum Gasteiger partial charge on any atom is 0.325 e. The molecule has 1 aliphatic carbocycles. The molecule has 1 N–H and O–H groups in total. The average Bonchev–Trinajstić information content (AvgIpc) is 3.39. The van der Waals surface area contributed by atoms with Crippen molar-refractivity contribution in [3.63, 3.8) is 0 Å². The number of methoxy groups -OCH3 is 1. The van der Waals surface area contributed by atoms with Gasteiger partial charge in [0.2, 0.25) is 5.91 Å². The number of rotatable bonds is 7. The third-order valence-electron chi connectivity index (χ3n) is 4.58. The predicted octanol–water partition coefficient (Wildman–Crippen LogP) is 1.13. The zero-order valence-electron chi connectivity index (χ0n) is 14.5. The third kappa shape index (κ3) is 3.66. The van der Waals surface area contributed by atoms with Crippen LogP contribution in [0.1, 0.15) is 25.3 Å². The van der Waals surface area contributed by atoms with E-state index in [1.165, 1.54) is 7.11 Å². The first kappa shape index (κ1) is 17.4. The van der Waals surface area contributed by atoms with E-state index in [9.17, 15) is 14.4 Å². The van der Waals surface area contributed by atoms with Crippen LogP contribution >= 0.6 is 0 Å². The lowest BCUT2D eigenvalue weighted by Crippen LogP contribution is -2.48. The van der Waals surface area contributed by atoms with Crippen LogP contribution in [0.4, 0.5) is 4.79 Å². The number of nitrogens with one attached hydrogen (secondary N) is 1. The Morgan fingerprint density at radius 3 is 2.60 bits per heavy atom. The van der Waals surface area contributed by atoms with Crippen LogP contribution in [0, 0.1) is 0 Å². The minimum absolute atomic E-state index is 0.0681. The minimum Gasteiger partial charge on any atom is -0.382 e. The second-order valence-corrected chi connectivity index (χ2v) is 6.82. The molecule has 1 saturated heterocycles. The van der Waals surface area contributed by atoms with Crippen molar-refractivity contribution in [3.05, 3.63) is 35.9 Å². The van der Waals surface area contributed by atoms with Gasteiger partial charge in [-0.25, -0.2) is 4.79 Å². The van der Waals surface area contributed by atoms with E-state index in [1.54, 1.807) is 11.8 Å². The number of hydrogen-bond donors (Lipinski definition) is 1. The number of ether oxygens (including phenoxy) is 1. The van der Waals surface area contributed by atoms with Crippen LogP contribution in [0.15, 0.2) is 30.3 Å². The molecule has 3 rings (SSSR count). The topological polar surface area (TPSA) is 79.0 Å². The fraction of sp³-hybridized carbons (Fsp3) is 0.500. The third-order valence-corrected chi connectivity index (χ3v) is 4.58. The summed E-state index contributed by atoms with van der Waals surface area (Å²) in [5.41, 5.74) is -0.0835. The largest absolute Gasteiger partial charge is 0.382 e. The van der Waals surface area contributed by atoms with E-state index in [0.717, 1.165) is 23.3 Å². The number of imide groups is 1. The highest BCUT2D eigenvalue weighted by Crippen LogP contribution is 2.29. The molecule has 2 aliphatic rings. The van der Waals surface area contributed by atoms with Gasteiger partial charge in [0.1, 0.15) is 12.1 Å². The van der Waals surface area contributed by atoms with Gasteiger partial charge in [0.15, 0.2) is 0 Å². The van der Waals surface area contributed by atoms with E-state index >= 15 is 0 Å². The van der Waals surface area contributed by atoms with Crippen molar-refractivity contribution in [3.8, 4) is 0 Å². The van der Waals surface area contributed by atoms with Crippen molar-refractivity contribution in [1.82, 2.24) is 15.1 Å². The SMILES string of the molecule is COC[C@]1(C)NC(=O)N(CC(=O)N(Cc2ccccc2)C2CC2)C1=O. The van der Waals surface area contributed by atoms with Crippen LogP contribution < -0.4 is 5.32 Å². The van der Waals surface area contributed by atoms with Gasteiger partial charge in [-0.15, -0.1) is 0 Å². The number of urea groups is 1. The van der Waals surface area contributed by atoms with Gasteiger partial charge in [0.05, 0.1) is 6.61 Å². The average molecular weight is 345 g/mol. The number of carbonyl (C=O) groups excluding carboxylic acids is 3. The summed E-state index contributed by atoms with van der Waals surface area (Å²) in [4.78, 5) is 40.2. The second-order valence-electron chi connectivity index (χ2n) is 6.82. The summed E-state index contributed by atoms with van der Waals surface area (Å²) in [6.07, 6.45) is 1.92. The second kappa shape index (κ2) is 6.84. The standard InChI is InChI=1S/C18H23N3O4/c1-18(12-25-2)16(23)21(17(24)19-18)11-15(22)20(14-8-9-14)10-13-6-4-3-5-7-13/h3-7,14H,8-12H2,1-2H3,(H,19,24)/t18-/m0/s1. The van der Waals surface area contributed by atoms with Crippen LogP contribution in [0.2, 0.25) is 0 Å². The minimum atomic E-state index is -1.12. The number of nitrogens with zero attached hydrogens (tertiary/aromatic N) is 2. The van der Waals surface area contributed by atoms with E-state index in [4.69, 9.17) is 4.74 Å². The lowest BCUT2D eigenvalue weighted by Gasteiger charge is -2.25. The quantitative estimate of drug-likeness (QED) is 0.752. The molecule has 25 heavy (non-hydrogen) atoms. The Balaban J connectivity index is 1.69. The summed E-state index contributed by atoms with van der Waals surface area (Å²) in [5.74, 6) is -0.639. The van der Waals surface area contributed by atoms with Gasteiger partial charge in [0.25, 0.3) is 5.91 Å². The van der Waals surface area contributed by atoms with Gasteiger partial charge in [-0.3, -0.25) is 14.5 Å². The van der Waals surface area contributed by atoms with E-state index in [1.807, 2.05) is 30.3 Å². The Kier molecular flexibility index (Phi) is 4.76. The summed E-state index contributed by atoms with van der Waals surface area (Å²) in [7, 11) is 1.47. The molecule has 1 heterocycles. The zero-order chi connectivity index (χ0) is 18.0. The number of benzene rings is 1. The molecule has 0 spiro atoms. The molecule has 1 aromatic rings. The molecule has 1 aliphatic heterocycles. The predicted molar refractivity (Wildman–Crippen MR) is 90.5 cm³/mol. The normalized spacial score (nSPS) is 22.9. The maximum absolute atomic E-state index is 12.8. The highest BCUT2D eigenvalue weighted by molar-refractivity contribution is 6.08. The molecule has 0 aromatic heterocycles. The highest BCUT2D eigenvalue weighted by atomic mass is 16.5. The smallest absolute Gasteiger partial charge is 0.325 e. The summed E-state index contributed by atoms with van der Waals surface area (Å²) in [6, 6.07) is 9.36. The van der Waals surface area contributed by atoms with E-state index < -0.39 is 17.5 Å². The van der Waals surface area contributed by atoms with Crippen LogP contribution in [0.25, 0.3) is 0 Å². The number of carbonyl (C=O) groups is 3. The van der Waals surface area contributed by atoms with Gasteiger partial charge in [-0.2, -0.15) is 0 Å². The van der Waals surface area contributed by atoms with Gasteiger partial charge in [-0.1, -0.05) is 30.3 Å². The lowest BCUT2D eigenvalue weighted by molar-refractivity contribution is -0.140. The maximum atomic E-state index is 12.8. The summed E-state index contributed by atoms with van der Waals surface area (Å²) in [6.45, 7) is 1.92. The van der Waals surface area contributed by atoms with E-state index in [2.05, 4.69) is 5.32 Å². The molecule has 4 amide bonds. The summed E-state index contributed by atoms with van der Waals surface area (Å²) < 4.78 is 5.02. The molecule has 2 fully saturated rings. The molecule has 1 saturated carbocycles. The monoisotopic (exact) mass is 345 g/mol. The first-order chi connectivity index (χ1) is 11.9. The zero-order valence-corrected chi connectivity index (χ0v) is 14.5. The first-order valence-electron chi connectivity index (χ1n) is 8.41. The van der Waals surface area contributed by atoms with Crippen molar-refractivity contribution >= 4 is 17.8 Å². The van der Waals surface area contributed by atoms with Crippen LogP contribution in [-0.2, 0) is 20.9 Å². The number of amides is 4. The Bertz CT molecular complexity index is 674. The van der Waals surface area contributed by atoms with Crippen LogP contribution in [0.3, 0.4) is 0 Å². The molecule has 0 radical (unpaired) electrons. The van der Waals surface area contributed by atoms with Gasteiger partial charge < -0.3 is 15.0 Å². The van der Waals surface area contributed by atoms with Crippen molar-refractivity contribution in [1.29, 1.82) is 0 Å². The summed E-state index contributed by atoms with van der Waals surface area (Å²) in [5, 5.41) is 2.61. The Hall–Kier alpha value is -2.41. The van der Waals surface area contributed by atoms with Crippen molar-refractivity contribution in [2.24, 2.45) is 0 Å². The van der Waals surface area contributed by atoms with Crippen molar-refractivity contribution in [2.75, 3.05) is 20.3 Å². The molecular weight excluding hydrogens is 322 g/mol. The molecule has 1 aromatic carbocycles. The Morgan fingerprint density at radius 2 is 2.00 bits per heavy atom. The van der Waals surface area contributed by atoms with Crippen LogP contribution in [0.5, 0.6) is 0 Å². The van der Waals surface area contributed by atoms with Gasteiger partial charge in [-0.05, 0) is 25.3 Å². The van der Waals surface area contributed by atoms with Crippen molar-refractivity contribution in [2.45, 2.75) is 37.9 Å². The van der Waals surface area contributed by atoms with Crippen molar-refractivity contribution < 1.29 is 19.1 Å². The lowest BCUT2D eigenvalue weighted by atomic mass is 10.0. The Labute approximate surface area is 146 Å². The molecule has 0 bridgehead atoms. The van der Waals surface area contributed by atoms with Gasteiger partial charge >= 0.3 is 6.03 Å². The molecule has 0 unspecified atom stereocenters. The molecule has 7 heteroatoms. The first-order valence-corrected chi connectivity index (χ1v) is 8.41. The van der Waals surface area contributed by atoms with Gasteiger partial charge in [0, 0.05) is 19.7 Å². The molecule has 1 atom stereocenters. The fourth-order valence-corrected chi connectivity index (χ4v) is 3.09. The van der Waals surface area contributed by atoms with E-state index in [0.29, 0.717) is 6.54 Å². The molecule has 7 nitrogen and oxygen atoms in total. The highest BCUT2D eigenvalue weighted by Gasteiger charge is 2.49. The van der Waals surface area contributed by atoms with Crippen LogP contribution in [-0.4, -0.2) is 59.5 Å². The summed E-state index contributed by atoms with van der Waals surface area (Å²) >= 11 is 0. The van der Waals surface area contributed by atoms with E-state index in [-0.39, 0.29) is 25.1 Å².